The highest BCUT2D eigenvalue weighted by Crippen LogP contribution is 2.26. The van der Waals surface area contributed by atoms with Crippen molar-refractivity contribution >= 4 is 5.97 Å². The molecule has 1 aromatic heterocycles. The normalized spacial score (nSPS) is 17.6. The molecule has 1 fully saturated rings. The first-order chi connectivity index (χ1) is 12.6. The van der Waals surface area contributed by atoms with E-state index in [1.54, 1.807) is 31.3 Å². The fourth-order valence-corrected chi connectivity index (χ4v) is 3.50. The summed E-state index contributed by atoms with van der Waals surface area (Å²) in [5, 5.41) is 9.76. The van der Waals surface area contributed by atoms with Crippen molar-refractivity contribution in [2.24, 2.45) is 0 Å². The molecule has 3 rings (SSSR count). The fourth-order valence-electron chi connectivity index (χ4n) is 3.50. The third kappa shape index (κ3) is 4.26. The quantitative estimate of drug-likeness (QED) is 0.892. The van der Waals surface area contributed by atoms with Crippen molar-refractivity contribution in [1.29, 1.82) is 0 Å². The van der Waals surface area contributed by atoms with E-state index in [1.165, 1.54) is 0 Å². The molecule has 0 radical (unpaired) electrons. The average molecular weight is 357 g/mol. The fraction of sp³-hybridized carbons (Fsp3) is 0.400. The van der Waals surface area contributed by atoms with Crippen molar-refractivity contribution in [1.82, 2.24) is 14.8 Å². The first-order valence-corrected chi connectivity index (χ1v) is 8.90. The number of halogens is 1. The van der Waals surface area contributed by atoms with Crippen LogP contribution in [0.2, 0.25) is 0 Å². The van der Waals surface area contributed by atoms with E-state index in [9.17, 15) is 14.3 Å². The minimum Gasteiger partial charge on any atom is -0.480 e. The summed E-state index contributed by atoms with van der Waals surface area (Å²) in [7, 11) is 0. The molecule has 2 aromatic rings. The molecular weight excluding hydrogens is 333 g/mol. The first kappa shape index (κ1) is 18.5. The molecule has 0 spiro atoms. The lowest BCUT2D eigenvalue weighted by Crippen LogP contribution is -2.37. The van der Waals surface area contributed by atoms with Crippen LogP contribution in [0.4, 0.5) is 4.39 Å². The van der Waals surface area contributed by atoms with Crippen LogP contribution in [-0.4, -0.2) is 52.0 Å². The molecule has 6 heteroatoms. The van der Waals surface area contributed by atoms with Crippen molar-refractivity contribution in [2.45, 2.75) is 25.9 Å². The maximum atomic E-state index is 14.5. The van der Waals surface area contributed by atoms with Crippen molar-refractivity contribution in [3.8, 4) is 0 Å². The number of aryl methyl sites for hydroxylation is 1. The Kier molecular flexibility index (Phi) is 5.96. The number of benzene rings is 1. The van der Waals surface area contributed by atoms with E-state index in [4.69, 9.17) is 0 Å². The van der Waals surface area contributed by atoms with E-state index in [-0.39, 0.29) is 5.56 Å². The summed E-state index contributed by atoms with van der Waals surface area (Å²) in [5.41, 5.74) is 1.72. The van der Waals surface area contributed by atoms with Gasteiger partial charge in [-0.3, -0.25) is 19.6 Å². The molecule has 0 amide bonds. The predicted octanol–water partition coefficient (Wildman–Crippen LogP) is 2.86. The Morgan fingerprint density at radius 2 is 2.04 bits per heavy atom. The molecule has 1 atom stereocenters. The number of carboxylic acids is 1. The average Bonchev–Trinajstić information content (AvgIpc) is 2.85. The third-order valence-corrected chi connectivity index (χ3v) is 4.85. The van der Waals surface area contributed by atoms with Crippen molar-refractivity contribution < 1.29 is 14.3 Å². The van der Waals surface area contributed by atoms with Crippen LogP contribution in [0.25, 0.3) is 0 Å². The van der Waals surface area contributed by atoms with Crippen LogP contribution in [0, 0.1) is 12.7 Å². The van der Waals surface area contributed by atoms with Crippen LogP contribution in [-0.2, 0) is 11.3 Å². The molecular formula is C20H24FN3O2. The standard InChI is InChI=1S/C20H24FN3O2/c1-15-6-4-8-17(18(15)21)19(20(25)26)24-11-5-10-23(12-13-24)14-16-7-2-3-9-22-16/h2-4,6-9,19H,5,10-14H2,1H3,(H,25,26). The number of aromatic nitrogens is 1. The lowest BCUT2D eigenvalue weighted by atomic mass is 10.0. The van der Waals surface area contributed by atoms with Gasteiger partial charge in [-0.2, -0.15) is 0 Å². The maximum Gasteiger partial charge on any atom is 0.325 e. The summed E-state index contributed by atoms with van der Waals surface area (Å²) < 4.78 is 14.5. The number of carboxylic acid groups (broad SMARTS) is 1. The molecule has 1 unspecified atom stereocenters. The first-order valence-electron chi connectivity index (χ1n) is 8.90. The zero-order valence-electron chi connectivity index (χ0n) is 14.9. The summed E-state index contributed by atoms with van der Waals surface area (Å²) in [6.07, 6.45) is 2.62. The van der Waals surface area contributed by atoms with Gasteiger partial charge in [0.05, 0.1) is 5.69 Å². The van der Waals surface area contributed by atoms with E-state index >= 15 is 0 Å². The second-order valence-corrected chi connectivity index (χ2v) is 6.71. The van der Waals surface area contributed by atoms with Gasteiger partial charge < -0.3 is 5.11 Å². The zero-order chi connectivity index (χ0) is 18.5. The van der Waals surface area contributed by atoms with Gasteiger partial charge in [0.25, 0.3) is 0 Å². The number of carbonyl (C=O) groups is 1. The molecule has 138 valence electrons. The van der Waals surface area contributed by atoms with E-state index < -0.39 is 17.8 Å². The van der Waals surface area contributed by atoms with E-state index in [2.05, 4.69) is 9.88 Å². The van der Waals surface area contributed by atoms with Crippen LogP contribution < -0.4 is 0 Å². The van der Waals surface area contributed by atoms with E-state index in [0.29, 0.717) is 18.7 Å². The molecule has 5 nitrogen and oxygen atoms in total. The second kappa shape index (κ2) is 8.38. The number of rotatable bonds is 5. The summed E-state index contributed by atoms with van der Waals surface area (Å²) in [4.78, 5) is 20.4. The molecule has 0 aliphatic carbocycles. The Morgan fingerprint density at radius 1 is 1.19 bits per heavy atom. The summed E-state index contributed by atoms with van der Waals surface area (Å²) in [6.45, 7) is 5.21. The van der Waals surface area contributed by atoms with Gasteiger partial charge >= 0.3 is 5.97 Å². The molecule has 2 heterocycles. The van der Waals surface area contributed by atoms with Gasteiger partial charge in [-0.05, 0) is 37.6 Å². The molecule has 0 saturated carbocycles. The van der Waals surface area contributed by atoms with E-state index in [0.717, 1.165) is 31.7 Å². The topological polar surface area (TPSA) is 56.7 Å². The molecule has 1 aromatic carbocycles. The number of hydrogen-bond acceptors (Lipinski definition) is 4. The molecule has 1 saturated heterocycles. The SMILES string of the molecule is Cc1cccc(C(C(=O)O)N2CCCN(Cc3ccccn3)CC2)c1F. The second-order valence-electron chi connectivity index (χ2n) is 6.71. The Labute approximate surface area is 153 Å². The summed E-state index contributed by atoms with van der Waals surface area (Å²) in [5.74, 6) is -1.43. The van der Waals surface area contributed by atoms with Gasteiger partial charge in [-0.15, -0.1) is 0 Å². The molecule has 26 heavy (non-hydrogen) atoms. The monoisotopic (exact) mass is 357 g/mol. The van der Waals surface area contributed by atoms with Gasteiger partial charge in [0, 0.05) is 37.9 Å². The Bertz CT molecular complexity index is 754. The largest absolute Gasteiger partial charge is 0.480 e. The third-order valence-electron chi connectivity index (χ3n) is 4.85. The van der Waals surface area contributed by atoms with Crippen LogP contribution in [0.3, 0.4) is 0 Å². The minimum atomic E-state index is -1.01. The molecule has 1 aliphatic heterocycles. The number of hydrogen-bond donors (Lipinski definition) is 1. The van der Waals surface area contributed by atoms with Crippen LogP contribution in [0.5, 0.6) is 0 Å². The van der Waals surface area contributed by atoms with Gasteiger partial charge in [0.1, 0.15) is 11.9 Å². The van der Waals surface area contributed by atoms with Crippen LogP contribution >= 0.6 is 0 Å². The van der Waals surface area contributed by atoms with Gasteiger partial charge in [-0.1, -0.05) is 24.3 Å². The summed E-state index contributed by atoms with van der Waals surface area (Å²) >= 11 is 0. The van der Waals surface area contributed by atoms with Gasteiger partial charge in [0.15, 0.2) is 0 Å². The summed E-state index contributed by atoms with van der Waals surface area (Å²) in [6, 6.07) is 9.85. The highest BCUT2D eigenvalue weighted by atomic mass is 19.1. The highest BCUT2D eigenvalue weighted by Gasteiger charge is 2.31. The Balaban J connectivity index is 1.73. The van der Waals surface area contributed by atoms with Crippen molar-refractivity contribution in [3.63, 3.8) is 0 Å². The number of pyridine rings is 1. The Morgan fingerprint density at radius 3 is 2.77 bits per heavy atom. The smallest absolute Gasteiger partial charge is 0.325 e. The maximum absolute atomic E-state index is 14.5. The Hall–Kier alpha value is -2.31. The van der Waals surface area contributed by atoms with Crippen molar-refractivity contribution in [2.75, 3.05) is 26.2 Å². The highest BCUT2D eigenvalue weighted by molar-refractivity contribution is 5.75. The minimum absolute atomic E-state index is 0.246. The van der Waals surface area contributed by atoms with Crippen molar-refractivity contribution in [3.05, 3.63) is 65.2 Å². The molecule has 1 N–H and O–H groups in total. The molecule has 1 aliphatic rings. The number of aliphatic carboxylic acids is 1. The lowest BCUT2D eigenvalue weighted by molar-refractivity contribution is -0.143. The predicted molar refractivity (Wildman–Crippen MR) is 97.2 cm³/mol. The number of nitrogens with zero attached hydrogens (tertiary/aromatic N) is 3. The zero-order valence-corrected chi connectivity index (χ0v) is 14.9. The molecule has 0 bridgehead atoms. The van der Waals surface area contributed by atoms with Gasteiger partial charge in [0.2, 0.25) is 0 Å². The van der Waals surface area contributed by atoms with Gasteiger partial charge in [-0.25, -0.2) is 4.39 Å². The van der Waals surface area contributed by atoms with Crippen LogP contribution in [0.1, 0.15) is 29.3 Å². The lowest BCUT2D eigenvalue weighted by Gasteiger charge is -2.28. The van der Waals surface area contributed by atoms with E-state index in [1.807, 2.05) is 23.1 Å². The van der Waals surface area contributed by atoms with Crippen LogP contribution in [0.15, 0.2) is 42.6 Å².